The van der Waals surface area contributed by atoms with E-state index in [1.165, 1.54) is 0 Å². The topological polar surface area (TPSA) is 222 Å². The van der Waals surface area contributed by atoms with Gasteiger partial charge in [-0.05, 0) is 141 Å². The van der Waals surface area contributed by atoms with Gasteiger partial charge in [-0.3, -0.25) is 24.9 Å². The first-order valence-electron chi connectivity index (χ1n) is 25.3. The van der Waals surface area contributed by atoms with Crippen LogP contribution in [-0.2, 0) is 0 Å². The summed E-state index contributed by atoms with van der Waals surface area (Å²) in [6.07, 6.45) is 14.0. The molecule has 0 saturated heterocycles. The fourth-order valence-corrected chi connectivity index (χ4v) is 8.82. The van der Waals surface area contributed by atoms with E-state index in [4.69, 9.17) is 21.3 Å². The van der Waals surface area contributed by atoms with E-state index >= 15 is 0 Å². The van der Waals surface area contributed by atoms with Crippen molar-refractivity contribution in [3.05, 3.63) is 240 Å². The van der Waals surface area contributed by atoms with E-state index in [0.29, 0.717) is 44.9 Å². The maximum Gasteiger partial charge on any atom is 0.337 e. The van der Waals surface area contributed by atoms with E-state index in [1.807, 2.05) is 135 Å². The fraction of sp³-hybridized carbons (Fsp3) is 0.0938. The molecule has 0 bridgehead atoms. The summed E-state index contributed by atoms with van der Waals surface area (Å²) < 4.78 is 5.37. The first-order valence-corrected chi connectivity index (χ1v) is 25.7. The van der Waals surface area contributed by atoms with Gasteiger partial charge in [-0.15, -0.1) is 0 Å². The van der Waals surface area contributed by atoms with Crippen LogP contribution in [0.15, 0.2) is 201 Å². The van der Waals surface area contributed by atoms with Crippen molar-refractivity contribution >= 4 is 63.6 Å². The zero-order valence-electron chi connectivity index (χ0n) is 43.6. The van der Waals surface area contributed by atoms with Crippen LogP contribution < -0.4 is 20.7 Å². The van der Waals surface area contributed by atoms with Crippen LogP contribution in [0.4, 0.5) is 34.1 Å². The van der Waals surface area contributed by atoms with Crippen molar-refractivity contribution in [2.45, 2.75) is 32.6 Å². The lowest BCUT2D eigenvalue weighted by Crippen LogP contribution is -2.04. The maximum atomic E-state index is 11.7. The summed E-state index contributed by atoms with van der Waals surface area (Å²) in [4.78, 5) is 56.2. The third-order valence-corrected chi connectivity index (χ3v) is 13.1. The SMILES string of the molecule is COc1cccc(-c2ncc(Nc3ccc(C)cc3C(=O)O)cc2-c2ccccc2)c1.Cc1ccc(Nc2ccc(-c3ccncc3Cl)nc2)c(C(=O)O)c1.O=C(O)c1cc(C2CC2)ccc1Nc1ccc(-c2cccnc2)nc1. The molecule has 1 aliphatic carbocycles. The van der Waals surface area contributed by atoms with Gasteiger partial charge < -0.3 is 36.0 Å². The summed E-state index contributed by atoms with van der Waals surface area (Å²) in [7, 11) is 1.64. The third kappa shape index (κ3) is 13.8. The zero-order valence-corrected chi connectivity index (χ0v) is 44.4. The smallest absolute Gasteiger partial charge is 0.337 e. The number of methoxy groups -OCH3 is 1. The number of hydrogen-bond acceptors (Lipinski definition) is 12. The second-order valence-electron chi connectivity index (χ2n) is 18.6. The number of rotatable bonds is 15. The van der Waals surface area contributed by atoms with Gasteiger partial charge in [0.05, 0.1) is 98.6 Å². The molecule has 5 aromatic carbocycles. The first-order chi connectivity index (χ1) is 38.8. The van der Waals surface area contributed by atoms with E-state index in [0.717, 1.165) is 85.9 Å². The Labute approximate surface area is 466 Å². The molecule has 5 heterocycles. The number of aromatic carboxylic acids is 3. The standard InChI is InChI=1S/C26H22N2O3.C20H17N3O2.C18H14ClN3O2/c1-17-11-12-24(23(13-17)26(29)30)28-20-15-22(18-7-4-3-5-8-18)25(27-16-20)19-9-6-10-21(14-19)31-2;24-20(25)17-10-14(13-3-4-13)5-7-19(17)23-16-6-8-18(22-12-16)15-2-1-9-21-11-15;1-11-2-4-17(14(8-11)18(23)24)22-12-3-5-16(21-9-12)13-6-7-20-10-15(13)19/h3-16,28H,1-2H3,(H,29,30);1-2,5-13,23H,3-4H2,(H,24,25);2-10,22H,1H3,(H,23,24). The molecule has 11 rings (SSSR count). The lowest BCUT2D eigenvalue weighted by atomic mass is 9.98. The number of aryl methyl sites for hydroxylation is 2. The predicted molar refractivity (Wildman–Crippen MR) is 313 cm³/mol. The van der Waals surface area contributed by atoms with Gasteiger partial charge >= 0.3 is 17.9 Å². The number of halogens is 1. The summed E-state index contributed by atoms with van der Waals surface area (Å²) in [5.74, 6) is -1.60. The number of carboxylic acid groups (broad SMARTS) is 3. The lowest BCUT2D eigenvalue weighted by Gasteiger charge is -2.15. The Morgan fingerprint density at radius 2 is 1.06 bits per heavy atom. The maximum absolute atomic E-state index is 11.7. The second-order valence-corrected chi connectivity index (χ2v) is 19.1. The molecule has 6 N–H and O–H groups in total. The van der Waals surface area contributed by atoms with Gasteiger partial charge in [0.1, 0.15) is 5.75 Å². The molecular formula is C64H53ClN8O7. The van der Waals surface area contributed by atoms with E-state index in [-0.39, 0.29) is 11.1 Å². The Hall–Kier alpha value is -10.3. The number of benzene rings is 5. The molecule has 5 aromatic heterocycles. The van der Waals surface area contributed by atoms with Gasteiger partial charge in [-0.2, -0.15) is 0 Å². The van der Waals surface area contributed by atoms with Crippen LogP contribution in [0.2, 0.25) is 5.02 Å². The van der Waals surface area contributed by atoms with Crippen LogP contribution in [0.25, 0.3) is 44.9 Å². The Kier molecular flexibility index (Phi) is 17.2. The molecule has 0 unspecified atom stereocenters. The molecule has 0 amide bonds. The molecule has 0 aliphatic heterocycles. The number of hydrogen-bond donors (Lipinski definition) is 6. The van der Waals surface area contributed by atoms with Gasteiger partial charge in [0.25, 0.3) is 0 Å². The number of nitrogens with one attached hydrogen (secondary N) is 3. The lowest BCUT2D eigenvalue weighted by molar-refractivity contribution is 0.0687. The van der Waals surface area contributed by atoms with E-state index in [1.54, 1.807) is 86.9 Å². The normalized spacial score (nSPS) is 11.4. The molecular weight excluding hydrogens is 1030 g/mol. The van der Waals surface area contributed by atoms with Crippen molar-refractivity contribution in [3.8, 4) is 50.6 Å². The summed E-state index contributed by atoms with van der Waals surface area (Å²) in [6.45, 7) is 3.72. The van der Waals surface area contributed by atoms with Crippen molar-refractivity contribution in [3.63, 3.8) is 0 Å². The average Bonchev–Trinajstić information content (AvgIpc) is 4.34. The zero-order chi connectivity index (χ0) is 56.1. The van der Waals surface area contributed by atoms with Gasteiger partial charge in [-0.25, -0.2) is 14.4 Å². The highest BCUT2D eigenvalue weighted by Gasteiger charge is 2.25. The van der Waals surface area contributed by atoms with Crippen molar-refractivity contribution in [2.75, 3.05) is 23.1 Å². The molecule has 398 valence electrons. The minimum atomic E-state index is -0.977. The van der Waals surface area contributed by atoms with Gasteiger partial charge in [0.2, 0.25) is 0 Å². The second kappa shape index (κ2) is 25.3. The minimum absolute atomic E-state index is 0.219. The molecule has 10 aromatic rings. The Morgan fingerprint density at radius 1 is 0.500 bits per heavy atom. The molecule has 80 heavy (non-hydrogen) atoms. The number of carboxylic acids is 3. The number of carbonyl (C=O) groups is 3. The largest absolute Gasteiger partial charge is 0.497 e. The van der Waals surface area contributed by atoms with Crippen LogP contribution in [0.1, 0.15) is 66.5 Å². The van der Waals surface area contributed by atoms with E-state index in [9.17, 15) is 29.7 Å². The summed E-state index contributed by atoms with van der Waals surface area (Å²) in [5.41, 5.74) is 14.3. The number of nitrogens with zero attached hydrogens (tertiary/aromatic N) is 5. The van der Waals surface area contributed by atoms with Gasteiger partial charge in [0, 0.05) is 47.0 Å². The van der Waals surface area contributed by atoms with Crippen molar-refractivity contribution in [2.24, 2.45) is 0 Å². The number of ether oxygens (including phenoxy) is 1. The summed E-state index contributed by atoms with van der Waals surface area (Å²) in [6, 6.07) is 48.9. The van der Waals surface area contributed by atoms with E-state index in [2.05, 4.69) is 35.9 Å². The van der Waals surface area contributed by atoms with Gasteiger partial charge in [-0.1, -0.05) is 83.4 Å². The number of pyridine rings is 5. The first kappa shape index (κ1) is 54.5. The highest BCUT2D eigenvalue weighted by atomic mass is 35.5. The number of anilines is 6. The Balaban J connectivity index is 0.000000147. The van der Waals surface area contributed by atoms with Crippen molar-refractivity contribution in [1.82, 2.24) is 24.9 Å². The highest BCUT2D eigenvalue weighted by molar-refractivity contribution is 6.33. The van der Waals surface area contributed by atoms with Crippen molar-refractivity contribution < 1.29 is 34.4 Å². The van der Waals surface area contributed by atoms with Crippen LogP contribution >= 0.6 is 11.6 Å². The fourth-order valence-electron chi connectivity index (χ4n) is 8.61. The van der Waals surface area contributed by atoms with Crippen LogP contribution in [0, 0.1) is 13.8 Å². The summed E-state index contributed by atoms with van der Waals surface area (Å²) in [5, 5.41) is 38.4. The molecule has 16 heteroatoms. The molecule has 15 nitrogen and oxygen atoms in total. The minimum Gasteiger partial charge on any atom is -0.497 e. The molecule has 1 fully saturated rings. The quantitative estimate of drug-likeness (QED) is 0.0562. The van der Waals surface area contributed by atoms with E-state index < -0.39 is 17.9 Å². The Morgan fingerprint density at radius 3 is 1.62 bits per heavy atom. The Bertz CT molecular complexity index is 3830. The number of aromatic nitrogens is 5. The van der Waals surface area contributed by atoms with Gasteiger partial charge in [0.15, 0.2) is 0 Å². The molecule has 1 aliphatic rings. The molecule has 0 spiro atoms. The average molecular weight is 1080 g/mol. The monoisotopic (exact) mass is 1080 g/mol. The predicted octanol–water partition coefficient (Wildman–Crippen LogP) is 15.2. The molecule has 1 saturated carbocycles. The van der Waals surface area contributed by atoms with Crippen LogP contribution in [0.5, 0.6) is 5.75 Å². The highest BCUT2D eigenvalue weighted by Crippen LogP contribution is 2.41. The third-order valence-electron chi connectivity index (χ3n) is 12.8. The molecule has 0 radical (unpaired) electrons. The van der Waals surface area contributed by atoms with Crippen molar-refractivity contribution in [1.29, 1.82) is 0 Å². The van der Waals surface area contributed by atoms with Crippen LogP contribution in [-0.4, -0.2) is 65.3 Å². The summed E-state index contributed by atoms with van der Waals surface area (Å²) >= 11 is 6.12. The van der Waals surface area contributed by atoms with Crippen LogP contribution in [0.3, 0.4) is 0 Å². The molecule has 0 atom stereocenters.